The number of aliphatic hydroxyl groups is 2. The molecule has 0 spiro atoms. The van der Waals surface area contributed by atoms with Crippen LogP contribution in [-0.4, -0.2) is 30.0 Å². The average molecular weight is 302 g/mol. The predicted molar refractivity (Wildman–Crippen MR) is 72.8 cm³/mol. The molecular weight excluding hydrogens is 282 g/mol. The van der Waals surface area contributed by atoms with E-state index in [0.29, 0.717) is 6.54 Å². The molecule has 1 rings (SSSR count). The van der Waals surface area contributed by atoms with Crippen molar-refractivity contribution in [3.8, 4) is 0 Å². The molecule has 0 radical (unpaired) electrons. The molecule has 0 aliphatic heterocycles. The summed E-state index contributed by atoms with van der Waals surface area (Å²) in [4.78, 5) is 0. The standard InChI is InChI=1S/C13H20BrNO2/c1-10(11-3-5-12(14)6-4-11)15-7-13(2,8-16)9-17/h3-6,10,15-17H,7-9H2,1-2H3. The third-order valence-corrected chi connectivity index (χ3v) is 3.50. The quantitative estimate of drug-likeness (QED) is 0.754. The highest BCUT2D eigenvalue weighted by Gasteiger charge is 2.22. The molecule has 1 atom stereocenters. The SMILES string of the molecule is CC(NCC(C)(CO)CO)c1ccc(Br)cc1. The summed E-state index contributed by atoms with van der Waals surface area (Å²) in [5.74, 6) is 0. The van der Waals surface area contributed by atoms with E-state index in [-0.39, 0.29) is 19.3 Å². The van der Waals surface area contributed by atoms with Gasteiger partial charge in [-0.2, -0.15) is 0 Å². The Hall–Kier alpha value is -0.420. The zero-order valence-corrected chi connectivity index (χ0v) is 11.9. The van der Waals surface area contributed by atoms with Crippen LogP contribution in [-0.2, 0) is 0 Å². The van der Waals surface area contributed by atoms with Crippen LogP contribution in [0.4, 0.5) is 0 Å². The van der Waals surface area contributed by atoms with Gasteiger partial charge in [-0.3, -0.25) is 0 Å². The number of rotatable bonds is 6. The van der Waals surface area contributed by atoms with E-state index in [1.54, 1.807) is 0 Å². The van der Waals surface area contributed by atoms with Gasteiger partial charge in [0.25, 0.3) is 0 Å². The first kappa shape index (κ1) is 14.6. The first-order chi connectivity index (χ1) is 8.00. The van der Waals surface area contributed by atoms with Crippen LogP contribution in [0, 0.1) is 5.41 Å². The molecule has 96 valence electrons. The van der Waals surface area contributed by atoms with Crippen LogP contribution in [0.2, 0.25) is 0 Å². The summed E-state index contributed by atoms with van der Waals surface area (Å²) in [6.07, 6.45) is 0. The van der Waals surface area contributed by atoms with Gasteiger partial charge in [-0.25, -0.2) is 0 Å². The molecule has 1 aromatic carbocycles. The van der Waals surface area contributed by atoms with Gasteiger partial charge in [0.15, 0.2) is 0 Å². The molecule has 0 bridgehead atoms. The number of hydrogen-bond donors (Lipinski definition) is 3. The maximum absolute atomic E-state index is 9.20. The highest BCUT2D eigenvalue weighted by molar-refractivity contribution is 9.10. The second-order valence-corrected chi connectivity index (χ2v) is 5.70. The molecule has 0 fully saturated rings. The fourth-order valence-electron chi connectivity index (χ4n) is 1.43. The molecule has 3 nitrogen and oxygen atoms in total. The summed E-state index contributed by atoms with van der Waals surface area (Å²) < 4.78 is 1.06. The number of aliphatic hydroxyl groups excluding tert-OH is 2. The van der Waals surface area contributed by atoms with E-state index in [9.17, 15) is 10.2 Å². The van der Waals surface area contributed by atoms with Gasteiger partial charge in [0.05, 0.1) is 13.2 Å². The lowest BCUT2D eigenvalue weighted by molar-refractivity contribution is 0.0677. The molecular formula is C13H20BrNO2. The van der Waals surface area contributed by atoms with Gasteiger partial charge in [-0.15, -0.1) is 0 Å². The molecule has 0 amide bonds. The number of halogens is 1. The van der Waals surface area contributed by atoms with Crippen molar-refractivity contribution < 1.29 is 10.2 Å². The second-order valence-electron chi connectivity index (χ2n) is 4.78. The monoisotopic (exact) mass is 301 g/mol. The van der Waals surface area contributed by atoms with Crippen molar-refractivity contribution in [1.29, 1.82) is 0 Å². The van der Waals surface area contributed by atoms with E-state index < -0.39 is 5.41 Å². The minimum atomic E-state index is -0.469. The van der Waals surface area contributed by atoms with Crippen LogP contribution in [0.25, 0.3) is 0 Å². The lowest BCUT2D eigenvalue weighted by atomic mass is 9.92. The lowest BCUT2D eigenvalue weighted by Gasteiger charge is -2.27. The van der Waals surface area contributed by atoms with Gasteiger partial charge in [0.2, 0.25) is 0 Å². The normalized spacial score (nSPS) is 13.7. The molecule has 0 saturated heterocycles. The lowest BCUT2D eigenvalue weighted by Crippen LogP contribution is -2.38. The van der Waals surface area contributed by atoms with Crippen LogP contribution in [0.3, 0.4) is 0 Å². The highest BCUT2D eigenvalue weighted by Crippen LogP contribution is 2.19. The molecule has 0 heterocycles. The van der Waals surface area contributed by atoms with Crippen LogP contribution < -0.4 is 5.32 Å². The first-order valence-electron chi connectivity index (χ1n) is 5.71. The van der Waals surface area contributed by atoms with Crippen LogP contribution in [0.5, 0.6) is 0 Å². The Morgan fingerprint density at radius 1 is 1.24 bits per heavy atom. The van der Waals surface area contributed by atoms with Crippen molar-refractivity contribution in [2.75, 3.05) is 19.8 Å². The Kier molecular flexibility index (Phi) is 5.59. The van der Waals surface area contributed by atoms with Crippen molar-refractivity contribution in [3.05, 3.63) is 34.3 Å². The van der Waals surface area contributed by atoms with Gasteiger partial charge in [-0.05, 0) is 24.6 Å². The Morgan fingerprint density at radius 3 is 2.24 bits per heavy atom. The fourth-order valence-corrected chi connectivity index (χ4v) is 1.69. The van der Waals surface area contributed by atoms with E-state index in [4.69, 9.17) is 0 Å². The van der Waals surface area contributed by atoms with E-state index in [1.807, 2.05) is 19.1 Å². The molecule has 0 aromatic heterocycles. The summed E-state index contributed by atoms with van der Waals surface area (Å²) in [7, 11) is 0. The smallest absolute Gasteiger partial charge is 0.0519 e. The third kappa shape index (κ3) is 4.39. The van der Waals surface area contributed by atoms with Gasteiger partial charge in [0.1, 0.15) is 0 Å². The minimum absolute atomic E-state index is 0.0242. The number of hydrogen-bond acceptors (Lipinski definition) is 3. The first-order valence-corrected chi connectivity index (χ1v) is 6.50. The van der Waals surface area contributed by atoms with E-state index in [2.05, 4.69) is 40.3 Å². The zero-order chi connectivity index (χ0) is 12.9. The third-order valence-electron chi connectivity index (χ3n) is 2.97. The molecule has 3 N–H and O–H groups in total. The van der Waals surface area contributed by atoms with Crippen molar-refractivity contribution in [1.82, 2.24) is 5.32 Å². The molecule has 17 heavy (non-hydrogen) atoms. The summed E-state index contributed by atoms with van der Waals surface area (Å²) in [5.41, 5.74) is 0.718. The molecule has 1 unspecified atom stereocenters. The van der Waals surface area contributed by atoms with Gasteiger partial charge >= 0.3 is 0 Å². The summed E-state index contributed by atoms with van der Waals surface area (Å²) in [5, 5.41) is 21.7. The molecule has 0 aliphatic rings. The molecule has 4 heteroatoms. The maximum atomic E-state index is 9.20. The van der Waals surface area contributed by atoms with Crippen LogP contribution in [0.1, 0.15) is 25.5 Å². The predicted octanol–water partition coefficient (Wildman–Crippen LogP) is 2.09. The van der Waals surface area contributed by atoms with Crippen molar-refractivity contribution in [3.63, 3.8) is 0 Å². The number of nitrogens with one attached hydrogen (secondary N) is 1. The summed E-state index contributed by atoms with van der Waals surface area (Å²) in [6.45, 7) is 4.46. The zero-order valence-electron chi connectivity index (χ0n) is 10.3. The Labute approximate surface area is 111 Å². The van der Waals surface area contributed by atoms with Crippen molar-refractivity contribution in [2.45, 2.75) is 19.9 Å². The van der Waals surface area contributed by atoms with Crippen LogP contribution in [0.15, 0.2) is 28.7 Å². The average Bonchev–Trinajstić information content (AvgIpc) is 2.36. The van der Waals surface area contributed by atoms with E-state index >= 15 is 0 Å². The molecule has 0 saturated carbocycles. The van der Waals surface area contributed by atoms with E-state index in [0.717, 1.165) is 4.47 Å². The summed E-state index contributed by atoms with van der Waals surface area (Å²) in [6, 6.07) is 8.31. The Morgan fingerprint density at radius 2 is 1.76 bits per heavy atom. The summed E-state index contributed by atoms with van der Waals surface area (Å²) >= 11 is 3.40. The molecule has 1 aromatic rings. The topological polar surface area (TPSA) is 52.5 Å². The van der Waals surface area contributed by atoms with Gasteiger partial charge < -0.3 is 15.5 Å². The van der Waals surface area contributed by atoms with Gasteiger partial charge in [0, 0.05) is 22.5 Å². The Balaban J connectivity index is 2.55. The van der Waals surface area contributed by atoms with Gasteiger partial charge in [-0.1, -0.05) is 35.0 Å². The minimum Gasteiger partial charge on any atom is -0.396 e. The number of benzene rings is 1. The van der Waals surface area contributed by atoms with E-state index in [1.165, 1.54) is 5.56 Å². The van der Waals surface area contributed by atoms with Crippen molar-refractivity contribution >= 4 is 15.9 Å². The molecule has 0 aliphatic carbocycles. The highest BCUT2D eigenvalue weighted by atomic mass is 79.9. The second kappa shape index (κ2) is 6.50. The van der Waals surface area contributed by atoms with Crippen molar-refractivity contribution in [2.24, 2.45) is 5.41 Å². The fraction of sp³-hybridized carbons (Fsp3) is 0.538. The van der Waals surface area contributed by atoms with Crippen LogP contribution >= 0.6 is 15.9 Å². The largest absolute Gasteiger partial charge is 0.396 e. The Bertz CT molecular complexity index is 336. The maximum Gasteiger partial charge on any atom is 0.0519 e.